The van der Waals surface area contributed by atoms with E-state index in [0.29, 0.717) is 32.5 Å². The summed E-state index contributed by atoms with van der Waals surface area (Å²) in [5.41, 5.74) is 19.3. The van der Waals surface area contributed by atoms with Gasteiger partial charge in [0.05, 0.1) is 51.8 Å². The van der Waals surface area contributed by atoms with E-state index in [1.54, 1.807) is 66.9 Å². The van der Waals surface area contributed by atoms with Gasteiger partial charge in [-0.25, -0.2) is 4.79 Å². The van der Waals surface area contributed by atoms with E-state index in [1.807, 2.05) is 22.0 Å². The van der Waals surface area contributed by atoms with E-state index in [0.717, 1.165) is 27.8 Å². The van der Waals surface area contributed by atoms with Crippen LogP contribution < -0.4 is 81.0 Å². The lowest BCUT2D eigenvalue weighted by Gasteiger charge is -2.31. The van der Waals surface area contributed by atoms with Crippen LogP contribution in [-0.2, 0) is 97.5 Å². The van der Waals surface area contributed by atoms with Crippen molar-refractivity contribution in [3.63, 3.8) is 0 Å². The molecule has 0 bridgehead atoms. The number of H-pyrrole nitrogens is 1. The summed E-state index contributed by atoms with van der Waals surface area (Å²) in [6.45, 7) is -0.916. The van der Waals surface area contributed by atoms with Crippen LogP contribution >= 0.6 is 0 Å². The van der Waals surface area contributed by atoms with Gasteiger partial charge in [-0.1, -0.05) is 67.3 Å². The van der Waals surface area contributed by atoms with Crippen LogP contribution in [0.4, 0.5) is 5.69 Å². The lowest BCUT2D eigenvalue weighted by Crippen LogP contribution is -2.62. The monoisotopic (exact) mass is 1680 g/mol. The highest BCUT2D eigenvalue weighted by Crippen LogP contribution is 2.22. The molecular formula is C78H93N17O26. The summed E-state index contributed by atoms with van der Waals surface area (Å²) in [5, 5.41) is 76.8. The summed E-state index contributed by atoms with van der Waals surface area (Å²) < 4.78 is 5.75. The molecule has 1 aliphatic rings. The Balaban J connectivity index is 1.42. The van der Waals surface area contributed by atoms with Crippen LogP contribution in [0, 0.1) is 17.8 Å². The molecule has 5 aromatic rings. The lowest BCUT2D eigenvalue weighted by atomic mass is 9.96. The van der Waals surface area contributed by atoms with Gasteiger partial charge < -0.3 is 121 Å². The molecule has 2 heterocycles. The van der Waals surface area contributed by atoms with Crippen molar-refractivity contribution < 1.29 is 126 Å². The average molecular weight is 1680 g/mol. The number of benzene rings is 4. The quantitative estimate of drug-likeness (QED) is 0.00960. The van der Waals surface area contributed by atoms with Crippen molar-refractivity contribution in [2.24, 2.45) is 17.4 Å². The number of anilines is 1. The first-order valence-electron chi connectivity index (χ1n) is 37.4. The molecule has 646 valence electrons. The molecule has 13 atom stereocenters. The van der Waals surface area contributed by atoms with Crippen LogP contribution in [0.3, 0.4) is 0 Å². The fourth-order valence-electron chi connectivity index (χ4n) is 12.1. The number of likely N-dealkylation sites (N-methyl/N-ethyl adjacent to an activating group) is 1. The minimum Gasteiger partial charge on any atom is -0.481 e. The van der Waals surface area contributed by atoms with E-state index in [2.05, 4.69) is 64.7 Å². The number of nitrogens with two attached hydrogens (primary N) is 3. The van der Waals surface area contributed by atoms with Crippen LogP contribution in [0.5, 0.6) is 0 Å². The summed E-state index contributed by atoms with van der Waals surface area (Å²) in [6, 6.07) is 3.93. The van der Waals surface area contributed by atoms with Crippen LogP contribution in [0.1, 0.15) is 110 Å². The van der Waals surface area contributed by atoms with Crippen molar-refractivity contribution in [2.45, 2.75) is 151 Å². The van der Waals surface area contributed by atoms with E-state index < -0.39 is 261 Å². The Labute approximate surface area is 688 Å². The first-order valence-corrected chi connectivity index (χ1v) is 37.4. The van der Waals surface area contributed by atoms with Crippen molar-refractivity contribution in [2.75, 3.05) is 39.0 Å². The number of nitrogen functional groups attached to an aromatic ring is 1. The number of carboxylic acid groups (broad SMARTS) is 4. The number of hydrogen-bond donors (Lipinski definition) is 21. The van der Waals surface area contributed by atoms with Gasteiger partial charge in [-0.3, -0.25) is 91.1 Å². The Bertz CT molecular complexity index is 4800. The second-order valence-corrected chi connectivity index (χ2v) is 28.0. The number of aliphatic hydroxyl groups excluding tert-OH is 1. The Morgan fingerprint density at radius 3 is 1.74 bits per heavy atom. The molecule has 0 spiro atoms. The number of para-hydroxylation sites is 2. The molecule has 2 unspecified atom stereocenters. The lowest BCUT2D eigenvalue weighted by molar-refractivity contribution is -0.158. The largest absolute Gasteiger partial charge is 0.481 e. The number of amides is 14. The Kier molecular flexibility index (Phi) is 35.9. The van der Waals surface area contributed by atoms with Crippen LogP contribution in [-0.4, -0.2) is 260 Å². The molecule has 24 N–H and O–H groups in total. The van der Waals surface area contributed by atoms with Crippen LogP contribution in [0.2, 0.25) is 0 Å². The highest BCUT2D eigenvalue weighted by atomic mass is 16.5. The van der Waals surface area contributed by atoms with Crippen molar-refractivity contribution >= 4 is 135 Å². The molecule has 43 heteroatoms. The van der Waals surface area contributed by atoms with Gasteiger partial charge in [0, 0.05) is 64.9 Å². The summed E-state index contributed by atoms with van der Waals surface area (Å²) in [7, 11) is 0.877. The minimum absolute atomic E-state index is 0.0293. The number of carbonyl (C=O) groups excluding carboxylic acids is 16. The van der Waals surface area contributed by atoms with Gasteiger partial charge in [0.25, 0.3) is 5.91 Å². The van der Waals surface area contributed by atoms with Gasteiger partial charge >= 0.3 is 29.8 Å². The van der Waals surface area contributed by atoms with Crippen LogP contribution in [0.25, 0.3) is 10.9 Å². The molecule has 43 nitrogen and oxygen atoms in total. The maximum absolute atomic E-state index is 15.2. The van der Waals surface area contributed by atoms with Crippen molar-refractivity contribution in [3.8, 4) is 11.8 Å². The zero-order chi connectivity index (χ0) is 89.5. The fourth-order valence-corrected chi connectivity index (χ4v) is 12.1. The minimum atomic E-state index is -2.46. The fraction of sp³-hybridized carbons (Fsp3) is 0.385. The van der Waals surface area contributed by atoms with Crippen molar-refractivity contribution in [1.82, 2.24) is 73.7 Å². The highest BCUT2D eigenvalue weighted by molar-refractivity contribution is 6.06. The first-order chi connectivity index (χ1) is 57.2. The van der Waals surface area contributed by atoms with E-state index in [-0.39, 0.29) is 36.2 Å². The van der Waals surface area contributed by atoms with Gasteiger partial charge in [0.1, 0.15) is 72.6 Å². The summed E-state index contributed by atoms with van der Waals surface area (Å²) >= 11 is 0. The number of Topliss-reactive ketones (excluding diaryl/α,β-unsaturated/α-hetero) is 1. The molecule has 4 aromatic carbocycles. The molecule has 121 heavy (non-hydrogen) atoms. The van der Waals surface area contributed by atoms with Crippen LogP contribution in [0.15, 0.2) is 109 Å². The molecule has 1 saturated heterocycles. The topological polar surface area (TPSA) is 693 Å². The highest BCUT2D eigenvalue weighted by Gasteiger charge is 2.42. The molecule has 1 fully saturated rings. The van der Waals surface area contributed by atoms with Gasteiger partial charge in [0.15, 0.2) is 5.78 Å². The third-order valence-corrected chi connectivity index (χ3v) is 18.4. The number of fused-ring (bicyclic) bond motifs is 1. The third kappa shape index (κ3) is 29.8. The Hall–Kier alpha value is -14.7. The van der Waals surface area contributed by atoms with Gasteiger partial charge in [-0.2, -0.15) is 0 Å². The number of primary amides is 1. The predicted octanol–water partition coefficient (Wildman–Crippen LogP) is -5.71. The Morgan fingerprint density at radius 2 is 1.12 bits per heavy atom. The van der Waals surface area contributed by atoms with Gasteiger partial charge in [-0.15, -0.1) is 0 Å². The summed E-state index contributed by atoms with van der Waals surface area (Å²) in [5.74, 6) is -24.2. The molecule has 0 saturated carbocycles. The molecule has 1 aliphatic heterocycles. The maximum atomic E-state index is 15.2. The first kappa shape index (κ1) is 95.1. The SMILES string of the molecule is CC(CC(=O)O)C1NC(=O)[C@@H](CO)NC(=O)CNC(=O)[C@H](CC(=O)O)NC(=O)[C@@H](C)NC(=O)[C@H](CC(=O)O)NC(=O)[C@H](CCCN)NC(=O)CN(C)C(=O)[C@@H](NC(=O)[C@H](CC(=O)O)NC(=O)[C@@H](CC(N)=O)NC(=O)[C@H](Cc2c[nH]c3ccccc23)NC(=O)c2ccc(C#Cc3ccccc3)cc2)[C@@H](C)OC(=O)[C@H](CC(=O)c2ccccc2N)NC1=O. The second kappa shape index (κ2) is 45.7. The number of carboxylic acids is 4. The number of nitrogens with zero attached hydrogens (tertiary/aromatic N) is 1. The van der Waals surface area contributed by atoms with Crippen molar-refractivity contribution in [1.29, 1.82) is 0 Å². The number of ether oxygens (including phenoxy) is 1. The Morgan fingerprint density at radius 1 is 0.570 bits per heavy atom. The number of cyclic esters (lactones) is 1. The molecule has 0 aliphatic carbocycles. The smallest absolute Gasteiger partial charge is 0.329 e. The van der Waals surface area contributed by atoms with E-state index in [9.17, 15) is 117 Å². The number of hydrogen-bond acceptors (Lipinski definition) is 24. The predicted molar refractivity (Wildman–Crippen MR) is 420 cm³/mol. The zero-order valence-electron chi connectivity index (χ0n) is 65.6. The molecule has 1 aromatic heterocycles. The normalized spacial score (nSPS) is 20.6. The maximum Gasteiger partial charge on any atom is 0.329 e. The van der Waals surface area contributed by atoms with Gasteiger partial charge in [0.2, 0.25) is 76.8 Å². The number of nitrogens with one attached hydrogen (secondary N) is 13. The number of carbonyl (C=O) groups is 20. The summed E-state index contributed by atoms with van der Waals surface area (Å²) in [6.07, 6.45) is -8.56. The number of esters is 1. The van der Waals surface area contributed by atoms with Gasteiger partial charge in [-0.05, 0) is 99.3 Å². The van der Waals surface area contributed by atoms with E-state index in [1.165, 1.54) is 36.4 Å². The van der Waals surface area contributed by atoms with E-state index in [4.69, 9.17) is 21.9 Å². The third-order valence-electron chi connectivity index (χ3n) is 18.4. The molecular weight excluding hydrogens is 1590 g/mol. The number of ketones is 1. The molecule has 0 radical (unpaired) electrons. The number of aliphatic carboxylic acids is 4. The van der Waals surface area contributed by atoms with Crippen molar-refractivity contribution in [3.05, 3.63) is 137 Å². The standard InChI is InChI=1S/C78H93N17O26/c1-38(27-61(101)102)65-76(118)92-55(29-57(97)46-16-8-10-17-47(46)80)78(120)121-40(3)66(77(119)95(4)36-60(100)85-49(19-12-26-79)70(112)90-53(32-63(105)106)71(113)84-39(2)67(109)87-52(31-62(103)104)69(111)83-35-59(99)86-56(37-96)75(117)93-65)94-74(116)54(33-64(107)108)91-73(115)51(30-58(81)98)89-72(114)50(28-44-34-82-48-18-11-9-15-45(44)48)88-68(110)43-24-22-42(23-25-43)21-20-41-13-6-5-7-14-41/h5-11,13-18,22-25,34,38-40,49-56,65-66,82,96H,12,19,26-33,35-37,79-80H2,1-4H3,(H2,81,98)(H,83,111)(H,84,113)(H,85,100)(H,86,99)(H,87,109)(H,88,110)(H,89,114)(H,90,112)(H,91,115)(H,92,118)(H,93,117)(H,94,116)(H,101,102)(H,103,104)(H,105,106)(H,107,108)/t38?,39-,40-,49+,50+,51-,52+,53+,54+,55+,56-,65?,66+/m1/s1. The molecule has 14 amide bonds. The second-order valence-electron chi connectivity index (χ2n) is 28.0. The number of aliphatic hydroxyl groups is 1. The zero-order valence-corrected chi connectivity index (χ0v) is 65.6. The van der Waals surface area contributed by atoms with E-state index >= 15 is 4.79 Å². The molecule has 6 rings (SSSR count). The number of rotatable bonds is 28. The number of aromatic nitrogens is 1. The summed E-state index contributed by atoms with van der Waals surface area (Å²) in [4.78, 5) is 279. The average Bonchev–Trinajstić information content (AvgIpc) is 1.73. The number of aromatic amines is 1.